The smallest absolute Gasteiger partial charge is 0.391 e. The Morgan fingerprint density at radius 1 is 1.42 bits per heavy atom. The minimum Gasteiger partial charge on any atom is -0.480 e. The van der Waals surface area contributed by atoms with Crippen molar-refractivity contribution in [3.63, 3.8) is 0 Å². The SMILES string of the molecule is O=C(CSc1ccc(Cl)cc1[N+](=O)[O-])NC(CC(F)(F)F)C(=O)O. The maximum atomic E-state index is 12.2. The van der Waals surface area contributed by atoms with Gasteiger partial charge in [-0.1, -0.05) is 11.6 Å². The van der Waals surface area contributed by atoms with Crippen LogP contribution in [-0.2, 0) is 9.59 Å². The molecule has 1 atom stereocenters. The fourth-order valence-electron chi connectivity index (χ4n) is 1.57. The van der Waals surface area contributed by atoms with Crippen LogP contribution in [0.5, 0.6) is 0 Å². The number of rotatable bonds is 7. The number of amides is 1. The summed E-state index contributed by atoms with van der Waals surface area (Å²) in [5, 5.41) is 21.4. The molecule has 0 heterocycles. The van der Waals surface area contributed by atoms with Gasteiger partial charge in [-0.2, -0.15) is 13.2 Å². The van der Waals surface area contributed by atoms with Gasteiger partial charge in [0.25, 0.3) is 5.69 Å². The van der Waals surface area contributed by atoms with E-state index < -0.39 is 41.2 Å². The molecule has 24 heavy (non-hydrogen) atoms. The Kier molecular flexibility index (Phi) is 6.84. The number of alkyl halides is 3. The van der Waals surface area contributed by atoms with Crippen molar-refractivity contribution in [1.82, 2.24) is 5.32 Å². The largest absolute Gasteiger partial charge is 0.480 e. The number of nitro benzene ring substituents is 1. The summed E-state index contributed by atoms with van der Waals surface area (Å²) < 4.78 is 36.7. The van der Waals surface area contributed by atoms with Gasteiger partial charge in [-0.25, -0.2) is 4.79 Å². The molecule has 1 aromatic rings. The van der Waals surface area contributed by atoms with Crippen LogP contribution in [-0.4, -0.2) is 39.9 Å². The second kappa shape index (κ2) is 8.20. The molecule has 1 aromatic carbocycles. The van der Waals surface area contributed by atoms with Crippen molar-refractivity contribution in [3.8, 4) is 0 Å². The number of benzene rings is 1. The molecule has 12 heteroatoms. The molecule has 0 bridgehead atoms. The maximum absolute atomic E-state index is 12.2. The Hall–Kier alpha value is -2.01. The number of carboxylic acid groups (broad SMARTS) is 1. The van der Waals surface area contributed by atoms with Crippen molar-refractivity contribution < 1.29 is 32.8 Å². The first-order valence-corrected chi connectivity index (χ1v) is 7.51. The number of hydrogen-bond donors (Lipinski definition) is 2. The molecule has 1 unspecified atom stereocenters. The standard InChI is InChI=1S/C12H10ClF3N2O5S/c13-6-1-2-9(8(3-6)18(22)23)24-5-10(19)17-7(11(20)21)4-12(14,15)16/h1-3,7H,4-5H2,(H,17,19)(H,20,21). The summed E-state index contributed by atoms with van der Waals surface area (Å²) in [4.78, 5) is 32.6. The number of nitro groups is 1. The van der Waals surface area contributed by atoms with E-state index in [1.165, 1.54) is 12.1 Å². The van der Waals surface area contributed by atoms with Crippen molar-refractivity contribution >= 4 is 40.9 Å². The van der Waals surface area contributed by atoms with Crippen molar-refractivity contribution in [2.75, 3.05) is 5.75 Å². The van der Waals surface area contributed by atoms with Crippen LogP contribution >= 0.6 is 23.4 Å². The van der Waals surface area contributed by atoms with Crippen LogP contribution < -0.4 is 5.32 Å². The summed E-state index contributed by atoms with van der Waals surface area (Å²) in [6, 6.07) is 1.56. The van der Waals surface area contributed by atoms with Crippen LogP contribution in [0, 0.1) is 10.1 Å². The zero-order chi connectivity index (χ0) is 18.5. The number of halogens is 4. The molecular formula is C12H10ClF3N2O5S. The van der Waals surface area contributed by atoms with E-state index >= 15 is 0 Å². The highest BCUT2D eigenvalue weighted by Gasteiger charge is 2.36. The van der Waals surface area contributed by atoms with E-state index in [0.717, 1.165) is 6.07 Å². The molecule has 0 saturated heterocycles. The third-order valence-corrected chi connectivity index (χ3v) is 3.84. The van der Waals surface area contributed by atoms with E-state index in [9.17, 15) is 32.9 Å². The summed E-state index contributed by atoms with van der Waals surface area (Å²) in [5.41, 5.74) is -0.370. The monoisotopic (exact) mass is 386 g/mol. The molecule has 0 radical (unpaired) electrons. The quantitative estimate of drug-likeness (QED) is 0.423. The van der Waals surface area contributed by atoms with Crippen LogP contribution in [0.1, 0.15) is 6.42 Å². The Morgan fingerprint density at radius 3 is 2.54 bits per heavy atom. The van der Waals surface area contributed by atoms with Crippen molar-refractivity contribution in [1.29, 1.82) is 0 Å². The van der Waals surface area contributed by atoms with Gasteiger partial charge >= 0.3 is 12.1 Å². The number of hydrogen-bond acceptors (Lipinski definition) is 5. The fraction of sp³-hybridized carbons (Fsp3) is 0.333. The number of carboxylic acids is 1. The third kappa shape index (κ3) is 6.62. The molecular weight excluding hydrogens is 377 g/mol. The molecule has 0 aliphatic carbocycles. The molecule has 7 nitrogen and oxygen atoms in total. The van der Waals surface area contributed by atoms with Gasteiger partial charge in [-0.05, 0) is 12.1 Å². The lowest BCUT2D eigenvalue weighted by Gasteiger charge is -2.16. The Labute approximate surface area is 142 Å². The van der Waals surface area contributed by atoms with Crippen LogP contribution in [0.3, 0.4) is 0 Å². The molecule has 132 valence electrons. The maximum Gasteiger partial charge on any atom is 0.391 e. The highest BCUT2D eigenvalue weighted by molar-refractivity contribution is 8.00. The molecule has 1 rings (SSSR count). The fourth-order valence-corrected chi connectivity index (χ4v) is 2.55. The predicted molar refractivity (Wildman–Crippen MR) is 79.1 cm³/mol. The number of nitrogens with one attached hydrogen (secondary N) is 1. The van der Waals surface area contributed by atoms with E-state index in [0.29, 0.717) is 11.8 Å². The van der Waals surface area contributed by atoms with E-state index in [4.69, 9.17) is 16.7 Å². The topological polar surface area (TPSA) is 110 Å². The lowest BCUT2D eigenvalue weighted by Crippen LogP contribution is -2.44. The van der Waals surface area contributed by atoms with Gasteiger partial charge in [0, 0.05) is 11.1 Å². The lowest BCUT2D eigenvalue weighted by atomic mass is 10.2. The first-order valence-electron chi connectivity index (χ1n) is 6.15. The van der Waals surface area contributed by atoms with Gasteiger partial charge in [0.15, 0.2) is 0 Å². The van der Waals surface area contributed by atoms with Crippen molar-refractivity contribution in [2.24, 2.45) is 0 Å². The molecule has 0 aliphatic rings. The number of nitrogens with zero attached hydrogens (tertiary/aromatic N) is 1. The third-order valence-electron chi connectivity index (χ3n) is 2.55. The Balaban J connectivity index is 2.72. The Bertz CT molecular complexity index is 656. The molecule has 0 aliphatic heterocycles. The molecule has 1 amide bonds. The Morgan fingerprint density at radius 2 is 2.04 bits per heavy atom. The second-order valence-corrected chi connectivity index (χ2v) is 5.89. The molecule has 0 aromatic heterocycles. The van der Waals surface area contributed by atoms with Gasteiger partial charge < -0.3 is 10.4 Å². The van der Waals surface area contributed by atoms with E-state index in [-0.39, 0.29) is 15.6 Å². The summed E-state index contributed by atoms with van der Waals surface area (Å²) in [6.45, 7) is 0. The molecule has 0 saturated carbocycles. The van der Waals surface area contributed by atoms with Crippen LogP contribution in [0.4, 0.5) is 18.9 Å². The lowest BCUT2D eigenvalue weighted by molar-refractivity contribution is -0.387. The van der Waals surface area contributed by atoms with Crippen molar-refractivity contribution in [2.45, 2.75) is 23.5 Å². The van der Waals surface area contributed by atoms with Gasteiger partial charge in [0.1, 0.15) is 6.04 Å². The van der Waals surface area contributed by atoms with Gasteiger partial charge in [0.05, 0.1) is 22.0 Å². The molecule has 0 fully saturated rings. The van der Waals surface area contributed by atoms with Gasteiger partial charge in [0.2, 0.25) is 5.91 Å². The first-order chi connectivity index (χ1) is 11.0. The number of thioether (sulfide) groups is 1. The van der Waals surface area contributed by atoms with Gasteiger partial charge in [-0.15, -0.1) is 11.8 Å². The average Bonchev–Trinajstić information content (AvgIpc) is 2.43. The summed E-state index contributed by atoms with van der Waals surface area (Å²) in [7, 11) is 0. The van der Waals surface area contributed by atoms with E-state index in [2.05, 4.69) is 0 Å². The zero-order valence-electron chi connectivity index (χ0n) is 11.7. The predicted octanol–water partition coefficient (Wildman–Crippen LogP) is 2.86. The highest BCUT2D eigenvalue weighted by atomic mass is 35.5. The highest BCUT2D eigenvalue weighted by Crippen LogP contribution is 2.31. The number of carbonyl (C=O) groups is 2. The molecule has 0 spiro atoms. The van der Waals surface area contributed by atoms with Gasteiger partial charge in [-0.3, -0.25) is 14.9 Å². The minimum atomic E-state index is -4.77. The van der Waals surface area contributed by atoms with Crippen LogP contribution in [0.15, 0.2) is 23.1 Å². The second-order valence-electron chi connectivity index (χ2n) is 4.44. The van der Waals surface area contributed by atoms with Crippen LogP contribution in [0.2, 0.25) is 5.02 Å². The minimum absolute atomic E-state index is 0.0715. The summed E-state index contributed by atoms with van der Waals surface area (Å²) in [6.07, 6.45) is -6.49. The normalized spacial score (nSPS) is 12.5. The molecule has 2 N–H and O–H groups in total. The van der Waals surface area contributed by atoms with Crippen LogP contribution in [0.25, 0.3) is 0 Å². The van der Waals surface area contributed by atoms with E-state index in [1.807, 2.05) is 0 Å². The average molecular weight is 387 g/mol. The van der Waals surface area contributed by atoms with E-state index in [1.54, 1.807) is 5.32 Å². The zero-order valence-corrected chi connectivity index (χ0v) is 13.2. The van der Waals surface area contributed by atoms with Crippen molar-refractivity contribution in [3.05, 3.63) is 33.3 Å². The summed E-state index contributed by atoms with van der Waals surface area (Å²) >= 11 is 6.30. The summed E-state index contributed by atoms with van der Waals surface area (Å²) in [5.74, 6) is -3.33. The first kappa shape index (κ1) is 20.0. The number of carbonyl (C=O) groups excluding carboxylic acids is 1. The number of aliphatic carboxylic acids is 1.